The molecule has 1 aliphatic heterocycles. The van der Waals surface area contributed by atoms with E-state index in [4.69, 9.17) is 14.2 Å². The molecule has 4 rings (SSSR count). The molecule has 0 saturated heterocycles. The Balaban J connectivity index is 1.49. The lowest BCUT2D eigenvalue weighted by Crippen LogP contribution is -2.19. The van der Waals surface area contributed by atoms with Crippen LogP contribution in [0.2, 0.25) is 0 Å². The Kier molecular flexibility index (Phi) is 4.42. The maximum absolute atomic E-state index is 12.3. The van der Waals surface area contributed by atoms with E-state index in [-0.39, 0.29) is 18.5 Å². The summed E-state index contributed by atoms with van der Waals surface area (Å²) < 4.78 is 16.5. The first-order chi connectivity index (χ1) is 12.2. The van der Waals surface area contributed by atoms with Crippen LogP contribution in [-0.2, 0) is 16.0 Å². The number of methoxy groups -OCH3 is 1. The van der Waals surface area contributed by atoms with E-state index in [0.29, 0.717) is 12.4 Å². The largest absolute Gasteiger partial charge is 0.497 e. The van der Waals surface area contributed by atoms with Crippen molar-refractivity contribution >= 4 is 28.1 Å². The summed E-state index contributed by atoms with van der Waals surface area (Å²) in [4.78, 5) is 13.5. The maximum atomic E-state index is 12.3. The van der Waals surface area contributed by atoms with Gasteiger partial charge in [0.15, 0.2) is 0 Å². The van der Waals surface area contributed by atoms with Gasteiger partial charge in [-0.1, -0.05) is 12.1 Å². The molecule has 1 atom stereocenters. The van der Waals surface area contributed by atoms with Crippen LogP contribution in [0.4, 0.5) is 0 Å². The average Bonchev–Trinajstić information content (AvgIpc) is 3.11. The highest BCUT2D eigenvalue weighted by molar-refractivity contribution is 7.10. The highest BCUT2D eigenvalue weighted by Crippen LogP contribution is 2.34. The van der Waals surface area contributed by atoms with Gasteiger partial charge in [-0.15, -0.1) is 11.3 Å². The normalized spacial score (nSPS) is 16.4. The van der Waals surface area contributed by atoms with Crippen LogP contribution in [0.15, 0.2) is 47.8 Å². The summed E-state index contributed by atoms with van der Waals surface area (Å²) in [6, 6.07) is 13.5. The number of hydrogen-bond acceptors (Lipinski definition) is 5. The van der Waals surface area contributed by atoms with Crippen molar-refractivity contribution in [2.24, 2.45) is 0 Å². The molecule has 25 heavy (non-hydrogen) atoms. The molecule has 5 heteroatoms. The maximum Gasteiger partial charge on any atom is 0.314 e. The lowest BCUT2D eigenvalue weighted by Gasteiger charge is -2.22. The zero-order valence-corrected chi connectivity index (χ0v) is 14.7. The van der Waals surface area contributed by atoms with E-state index in [1.165, 1.54) is 5.56 Å². The van der Waals surface area contributed by atoms with Crippen molar-refractivity contribution in [1.82, 2.24) is 0 Å². The number of esters is 1. The number of rotatable bonds is 4. The van der Waals surface area contributed by atoms with Gasteiger partial charge in [-0.3, -0.25) is 4.79 Å². The van der Waals surface area contributed by atoms with Crippen LogP contribution >= 0.6 is 11.3 Å². The summed E-state index contributed by atoms with van der Waals surface area (Å²) in [6.45, 7) is 0.650. The predicted molar refractivity (Wildman–Crippen MR) is 97.5 cm³/mol. The van der Waals surface area contributed by atoms with E-state index in [2.05, 4.69) is 6.07 Å². The van der Waals surface area contributed by atoms with Crippen LogP contribution < -0.4 is 9.47 Å². The Morgan fingerprint density at radius 1 is 1.16 bits per heavy atom. The molecule has 0 saturated carbocycles. The lowest BCUT2D eigenvalue weighted by atomic mass is 10.1. The van der Waals surface area contributed by atoms with E-state index in [0.717, 1.165) is 27.8 Å². The van der Waals surface area contributed by atoms with E-state index < -0.39 is 0 Å². The number of thiophene rings is 1. The average molecular weight is 354 g/mol. The van der Waals surface area contributed by atoms with Crippen molar-refractivity contribution < 1.29 is 19.0 Å². The first-order valence-electron chi connectivity index (χ1n) is 8.19. The molecule has 0 N–H and O–H groups in total. The highest BCUT2D eigenvalue weighted by Gasteiger charge is 2.25. The van der Waals surface area contributed by atoms with Gasteiger partial charge in [0.05, 0.1) is 20.1 Å². The minimum Gasteiger partial charge on any atom is -0.497 e. The Hall–Kier alpha value is -2.37. The number of carbonyl (C=O) groups is 1. The van der Waals surface area contributed by atoms with E-state index in [9.17, 15) is 4.79 Å². The second-order valence-corrected chi connectivity index (χ2v) is 6.92. The van der Waals surface area contributed by atoms with Crippen LogP contribution in [0.5, 0.6) is 11.5 Å². The van der Waals surface area contributed by atoms with E-state index >= 15 is 0 Å². The number of ether oxygens (including phenoxy) is 3. The molecule has 2 heterocycles. The first kappa shape index (κ1) is 16.1. The SMILES string of the molecule is COc1ccc2ccc(OC(=O)CC3OCCc4ccsc43)cc2c1. The van der Waals surface area contributed by atoms with Crippen molar-refractivity contribution in [1.29, 1.82) is 0 Å². The van der Waals surface area contributed by atoms with E-state index in [1.807, 2.05) is 41.8 Å². The van der Waals surface area contributed by atoms with Gasteiger partial charge in [0.1, 0.15) is 17.6 Å². The quantitative estimate of drug-likeness (QED) is 0.510. The van der Waals surface area contributed by atoms with Gasteiger partial charge >= 0.3 is 5.97 Å². The first-order valence-corrected chi connectivity index (χ1v) is 9.07. The zero-order chi connectivity index (χ0) is 17.2. The zero-order valence-electron chi connectivity index (χ0n) is 13.9. The molecule has 1 aromatic heterocycles. The van der Waals surface area contributed by atoms with Crippen molar-refractivity contribution in [2.75, 3.05) is 13.7 Å². The Labute approximate surface area is 149 Å². The predicted octanol–water partition coefficient (Wildman–Crippen LogP) is 4.52. The molecule has 0 radical (unpaired) electrons. The van der Waals surface area contributed by atoms with Crippen LogP contribution in [0.1, 0.15) is 23.0 Å². The fourth-order valence-electron chi connectivity index (χ4n) is 3.09. The second kappa shape index (κ2) is 6.86. The fourth-order valence-corrected chi connectivity index (χ4v) is 4.10. The topological polar surface area (TPSA) is 44.8 Å². The smallest absolute Gasteiger partial charge is 0.314 e. The molecule has 0 amide bonds. The molecule has 0 aliphatic carbocycles. The Bertz CT molecular complexity index is 915. The third-order valence-electron chi connectivity index (χ3n) is 4.37. The standard InChI is InChI=1S/C20H18O4S/c1-22-16-4-2-13-3-5-17(11-15(13)10-16)24-19(21)12-18-20-14(6-8-23-18)7-9-25-20/h2-5,7,9-11,18H,6,8,12H2,1H3. The summed E-state index contributed by atoms with van der Waals surface area (Å²) in [5.41, 5.74) is 1.28. The molecule has 128 valence electrons. The van der Waals surface area contributed by atoms with E-state index in [1.54, 1.807) is 18.4 Å². The molecule has 1 aliphatic rings. The summed E-state index contributed by atoms with van der Waals surface area (Å²) >= 11 is 1.64. The van der Waals surface area contributed by atoms with Gasteiger partial charge < -0.3 is 14.2 Å². The third-order valence-corrected chi connectivity index (χ3v) is 5.42. The Morgan fingerprint density at radius 2 is 1.96 bits per heavy atom. The van der Waals surface area contributed by atoms with Gasteiger partial charge in [-0.05, 0) is 58.5 Å². The number of carbonyl (C=O) groups excluding carboxylic acids is 1. The number of benzene rings is 2. The molecular weight excluding hydrogens is 336 g/mol. The van der Waals surface area contributed by atoms with Crippen LogP contribution in [0.25, 0.3) is 10.8 Å². The molecule has 1 unspecified atom stereocenters. The van der Waals surface area contributed by atoms with Crippen LogP contribution in [0.3, 0.4) is 0 Å². The summed E-state index contributed by atoms with van der Waals surface area (Å²) in [7, 11) is 1.63. The molecule has 0 fully saturated rings. The molecule has 4 nitrogen and oxygen atoms in total. The van der Waals surface area contributed by atoms with Crippen molar-refractivity contribution in [3.8, 4) is 11.5 Å². The molecular formula is C20H18O4S. The fraction of sp³-hybridized carbons (Fsp3) is 0.250. The van der Waals surface area contributed by atoms with Crippen LogP contribution in [-0.4, -0.2) is 19.7 Å². The number of hydrogen-bond donors (Lipinski definition) is 0. The molecule has 2 aromatic carbocycles. The van der Waals surface area contributed by atoms with Gasteiger partial charge in [0, 0.05) is 4.88 Å². The van der Waals surface area contributed by atoms with Gasteiger partial charge in [-0.2, -0.15) is 0 Å². The lowest BCUT2D eigenvalue weighted by molar-refractivity contribution is -0.137. The molecule has 0 spiro atoms. The van der Waals surface area contributed by atoms with Gasteiger partial charge in [0.2, 0.25) is 0 Å². The minimum atomic E-state index is -0.284. The minimum absolute atomic E-state index is 0.197. The van der Waals surface area contributed by atoms with Crippen molar-refractivity contribution in [2.45, 2.75) is 18.9 Å². The monoisotopic (exact) mass is 354 g/mol. The number of fused-ring (bicyclic) bond motifs is 2. The summed E-state index contributed by atoms with van der Waals surface area (Å²) in [5.74, 6) is 1.03. The summed E-state index contributed by atoms with van der Waals surface area (Å²) in [5, 5.41) is 4.09. The third kappa shape index (κ3) is 3.38. The van der Waals surface area contributed by atoms with Crippen LogP contribution in [0, 0.1) is 0 Å². The van der Waals surface area contributed by atoms with Gasteiger partial charge in [0.25, 0.3) is 0 Å². The molecule has 3 aromatic rings. The molecule has 0 bridgehead atoms. The summed E-state index contributed by atoms with van der Waals surface area (Å²) in [6.07, 6.45) is 0.942. The second-order valence-electron chi connectivity index (χ2n) is 5.97. The highest BCUT2D eigenvalue weighted by atomic mass is 32.1. The van der Waals surface area contributed by atoms with Crippen molar-refractivity contribution in [3.05, 3.63) is 58.3 Å². The van der Waals surface area contributed by atoms with Gasteiger partial charge in [-0.25, -0.2) is 0 Å². The van der Waals surface area contributed by atoms with Crippen molar-refractivity contribution in [3.63, 3.8) is 0 Å². The Morgan fingerprint density at radius 3 is 2.80 bits per heavy atom.